The third-order valence-corrected chi connectivity index (χ3v) is 3.83. The number of oxazole rings is 1. The maximum atomic E-state index is 6.04. The Morgan fingerprint density at radius 1 is 1.37 bits per heavy atom. The molecule has 0 fully saturated rings. The summed E-state index contributed by atoms with van der Waals surface area (Å²) in [5.41, 5.74) is 7.92. The zero-order chi connectivity index (χ0) is 14.0. The lowest BCUT2D eigenvalue weighted by Crippen LogP contribution is -2.08. The minimum absolute atomic E-state index is 0.115. The summed E-state index contributed by atoms with van der Waals surface area (Å²) in [4.78, 5) is 5.39. The number of rotatable bonds is 4. The maximum absolute atomic E-state index is 6.04. The molecule has 2 N–H and O–H groups in total. The van der Waals surface area contributed by atoms with E-state index in [0.717, 1.165) is 27.7 Å². The molecule has 19 heavy (non-hydrogen) atoms. The first-order valence-electron chi connectivity index (χ1n) is 6.07. The highest BCUT2D eigenvalue weighted by atomic mass is 32.2. The largest absolute Gasteiger partial charge is 0.496 e. The highest BCUT2D eigenvalue weighted by molar-refractivity contribution is 7.99. The van der Waals surface area contributed by atoms with Gasteiger partial charge in [-0.3, -0.25) is 0 Å². The molecule has 2 rings (SSSR count). The van der Waals surface area contributed by atoms with Crippen LogP contribution in [0.4, 0.5) is 0 Å². The lowest BCUT2D eigenvalue weighted by atomic mass is 10.1. The van der Waals surface area contributed by atoms with Crippen molar-refractivity contribution >= 4 is 11.8 Å². The van der Waals surface area contributed by atoms with Crippen molar-refractivity contribution in [2.24, 2.45) is 5.73 Å². The van der Waals surface area contributed by atoms with Gasteiger partial charge in [0.15, 0.2) is 0 Å². The van der Waals surface area contributed by atoms with Crippen molar-refractivity contribution in [2.75, 3.05) is 7.11 Å². The quantitative estimate of drug-likeness (QED) is 0.927. The third-order valence-electron chi connectivity index (χ3n) is 2.91. The Morgan fingerprint density at radius 2 is 2.11 bits per heavy atom. The molecule has 0 saturated carbocycles. The molecular formula is C14H18N2O2S. The zero-order valence-corrected chi connectivity index (χ0v) is 12.4. The SMILES string of the molecule is COc1cccc(Sc2nc(C)c(C)o2)c1[C@H](C)N. The van der Waals surface area contributed by atoms with Crippen LogP contribution < -0.4 is 10.5 Å². The van der Waals surface area contributed by atoms with Gasteiger partial charge in [-0.15, -0.1) is 0 Å². The van der Waals surface area contributed by atoms with E-state index in [-0.39, 0.29) is 6.04 Å². The van der Waals surface area contributed by atoms with E-state index in [1.165, 1.54) is 11.8 Å². The molecule has 0 radical (unpaired) electrons. The van der Waals surface area contributed by atoms with Crippen LogP contribution >= 0.6 is 11.8 Å². The smallest absolute Gasteiger partial charge is 0.261 e. The lowest BCUT2D eigenvalue weighted by Gasteiger charge is -2.15. The molecule has 2 aromatic rings. The molecule has 0 saturated heterocycles. The Labute approximate surface area is 117 Å². The highest BCUT2D eigenvalue weighted by Crippen LogP contribution is 2.37. The summed E-state index contributed by atoms with van der Waals surface area (Å²) < 4.78 is 11.0. The normalized spacial score (nSPS) is 12.5. The first kappa shape index (κ1) is 14.0. The van der Waals surface area contributed by atoms with Gasteiger partial charge in [0.1, 0.15) is 11.5 Å². The topological polar surface area (TPSA) is 61.3 Å². The van der Waals surface area contributed by atoms with Crippen LogP contribution in [0.2, 0.25) is 0 Å². The number of hydrogen-bond donors (Lipinski definition) is 1. The van der Waals surface area contributed by atoms with Gasteiger partial charge in [0, 0.05) is 16.5 Å². The van der Waals surface area contributed by atoms with Crippen LogP contribution in [0.1, 0.15) is 30.0 Å². The van der Waals surface area contributed by atoms with Gasteiger partial charge in [-0.25, -0.2) is 4.98 Å². The molecule has 0 unspecified atom stereocenters. The minimum Gasteiger partial charge on any atom is -0.496 e. The predicted molar refractivity (Wildman–Crippen MR) is 75.7 cm³/mol. The molecule has 0 aliphatic carbocycles. The van der Waals surface area contributed by atoms with Crippen LogP contribution in [-0.2, 0) is 0 Å². The van der Waals surface area contributed by atoms with Crippen molar-refractivity contribution in [1.29, 1.82) is 0 Å². The van der Waals surface area contributed by atoms with E-state index < -0.39 is 0 Å². The fourth-order valence-electron chi connectivity index (χ4n) is 1.82. The van der Waals surface area contributed by atoms with Gasteiger partial charge in [0.2, 0.25) is 0 Å². The summed E-state index contributed by atoms with van der Waals surface area (Å²) in [6.07, 6.45) is 0. The van der Waals surface area contributed by atoms with Crippen LogP contribution in [0.3, 0.4) is 0 Å². The van der Waals surface area contributed by atoms with Crippen LogP contribution in [0.25, 0.3) is 0 Å². The van der Waals surface area contributed by atoms with Gasteiger partial charge >= 0.3 is 0 Å². The van der Waals surface area contributed by atoms with Gasteiger partial charge in [-0.2, -0.15) is 0 Å². The number of hydrogen-bond acceptors (Lipinski definition) is 5. The summed E-state index contributed by atoms with van der Waals surface area (Å²) in [6.45, 7) is 5.78. The number of aryl methyl sites for hydroxylation is 2. The fourth-order valence-corrected chi connectivity index (χ4v) is 2.90. The number of ether oxygens (including phenoxy) is 1. The van der Waals surface area contributed by atoms with Crippen LogP contribution in [0.5, 0.6) is 5.75 Å². The lowest BCUT2D eigenvalue weighted by molar-refractivity contribution is 0.404. The van der Waals surface area contributed by atoms with Crippen molar-refractivity contribution in [3.63, 3.8) is 0 Å². The average molecular weight is 278 g/mol. The Kier molecular flexibility index (Phi) is 4.17. The van der Waals surface area contributed by atoms with Gasteiger partial charge in [0.05, 0.1) is 12.8 Å². The highest BCUT2D eigenvalue weighted by Gasteiger charge is 2.16. The van der Waals surface area contributed by atoms with E-state index in [0.29, 0.717) is 5.22 Å². The predicted octanol–water partition coefficient (Wildman–Crippen LogP) is 3.47. The maximum Gasteiger partial charge on any atom is 0.261 e. The van der Waals surface area contributed by atoms with E-state index in [1.807, 2.05) is 39.0 Å². The molecule has 0 spiro atoms. The van der Waals surface area contributed by atoms with Gasteiger partial charge < -0.3 is 14.9 Å². The number of nitrogens with two attached hydrogens (primary N) is 1. The van der Waals surface area contributed by atoms with Gasteiger partial charge in [-0.1, -0.05) is 6.07 Å². The molecule has 5 heteroatoms. The second-order valence-corrected chi connectivity index (χ2v) is 5.38. The summed E-state index contributed by atoms with van der Waals surface area (Å²) in [6, 6.07) is 5.74. The summed E-state index contributed by atoms with van der Waals surface area (Å²) in [7, 11) is 1.65. The molecule has 0 aliphatic rings. The third kappa shape index (κ3) is 2.93. The van der Waals surface area contributed by atoms with E-state index in [2.05, 4.69) is 4.98 Å². The molecule has 1 aromatic heterocycles. The molecule has 0 aliphatic heterocycles. The molecule has 4 nitrogen and oxygen atoms in total. The monoisotopic (exact) mass is 278 g/mol. The van der Waals surface area contributed by atoms with E-state index in [1.54, 1.807) is 7.11 Å². The first-order valence-corrected chi connectivity index (χ1v) is 6.89. The van der Waals surface area contributed by atoms with Crippen molar-refractivity contribution in [1.82, 2.24) is 4.98 Å². The summed E-state index contributed by atoms with van der Waals surface area (Å²) >= 11 is 1.47. The zero-order valence-electron chi connectivity index (χ0n) is 11.6. The summed E-state index contributed by atoms with van der Waals surface area (Å²) in [5, 5.41) is 0.630. The summed E-state index contributed by atoms with van der Waals surface area (Å²) in [5.74, 6) is 1.63. The van der Waals surface area contributed by atoms with Crippen molar-refractivity contribution in [2.45, 2.75) is 36.9 Å². The van der Waals surface area contributed by atoms with Crippen molar-refractivity contribution < 1.29 is 9.15 Å². The van der Waals surface area contributed by atoms with Crippen molar-refractivity contribution in [3.8, 4) is 5.75 Å². The Balaban J connectivity index is 2.39. The first-order chi connectivity index (χ1) is 9.02. The van der Waals surface area contributed by atoms with Gasteiger partial charge in [0.25, 0.3) is 5.22 Å². The second-order valence-electron chi connectivity index (χ2n) is 4.38. The second kappa shape index (κ2) is 5.67. The Hall–Kier alpha value is -1.46. The van der Waals surface area contributed by atoms with E-state index in [4.69, 9.17) is 14.9 Å². The van der Waals surface area contributed by atoms with Crippen molar-refractivity contribution in [3.05, 3.63) is 35.2 Å². The Bertz CT molecular complexity index is 559. The molecule has 102 valence electrons. The standard InChI is InChI=1S/C14H18N2O2S/c1-8(15)13-11(17-4)6-5-7-12(13)19-14-16-9(2)10(3)18-14/h5-8H,15H2,1-4H3/t8-/m0/s1. The molecule has 1 atom stereocenters. The van der Waals surface area contributed by atoms with E-state index >= 15 is 0 Å². The number of nitrogens with zero attached hydrogens (tertiary/aromatic N) is 1. The molecule has 0 amide bonds. The van der Waals surface area contributed by atoms with E-state index in [9.17, 15) is 0 Å². The fraction of sp³-hybridized carbons (Fsp3) is 0.357. The molecular weight excluding hydrogens is 260 g/mol. The van der Waals surface area contributed by atoms with Gasteiger partial charge in [-0.05, 0) is 44.7 Å². The molecule has 0 bridgehead atoms. The van der Waals surface area contributed by atoms with Crippen LogP contribution in [0.15, 0.2) is 32.7 Å². The number of aromatic nitrogens is 1. The average Bonchev–Trinajstić information content (AvgIpc) is 2.67. The number of benzene rings is 1. The minimum atomic E-state index is -0.115. The molecule has 1 aromatic carbocycles. The number of methoxy groups -OCH3 is 1. The Morgan fingerprint density at radius 3 is 2.63 bits per heavy atom. The van der Waals surface area contributed by atoms with Crippen LogP contribution in [0, 0.1) is 13.8 Å². The van der Waals surface area contributed by atoms with Crippen LogP contribution in [-0.4, -0.2) is 12.1 Å². The molecule has 1 heterocycles.